The van der Waals surface area contributed by atoms with Crippen LogP contribution in [-0.2, 0) is 9.84 Å². The van der Waals surface area contributed by atoms with Gasteiger partial charge in [0.2, 0.25) is 15.0 Å². The van der Waals surface area contributed by atoms with Crippen LogP contribution in [0.1, 0.15) is 0 Å². The number of methoxy groups -OCH3 is 1. The largest absolute Gasteiger partial charge is 0.497 e. The van der Waals surface area contributed by atoms with Crippen molar-refractivity contribution in [2.75, 3.05) is 13.4 Å². The maximum atomic E-state index is 11.8. The van der Waals surface area contributed by atoms with E-state index in [0.717, 1.165) is 16.8 Å². The number of aromatic nitrogens is 4. The first kappa shape index (κ1) is 16.7. The number of rotatable bonds is 4. The molecular weight excluding hydrogens is 372 g/mol. The Hall–Kier alpha value is -2.78. The van der Waals surface area contributed by atoms with Crippen molar-refractivity contribution < 1.29 is 13.2 Å². The molecule has 3 heterocycles. The Kier molecular flexibility index (Phi) is 3.97. The topological polar surface area (TPSA) is 86.5 Å². The third kappa shape index (κ3) is 2.85. The molecule has 0 aliphatic rings. The summed E-state index contributed by atoms with van der Waals surface area (Å²) in [5.41, 5.74) is 2.76. The van der Waals surface area contributed by atoms with Crippen LogP contribution in [-0.4, -0.2) is 41.1 Å². The fraction of sp³-hybridized carbons (Fsp3) is 0.118. The van der Waals surface area contributed by atoms with Gasteiger partial charge in [-0.15, -0.1) is 11.3 Å². The van der Waals surface area contributed by atoms with Crippen LogP contribution in [0.5, 0.6) is 5.75 Å². The highest BCUT2D eigenvalue weighted by Crippen LogP contribution is 2.34. The summed E-state index contributed by atoms with van der Waals surface area (Å²) < 4.78 is 30.9. The van der Waals surface area contributed by atoms with Crippen molar-refractivity contribution >= 4 is 26.1 Å². The van der Waals surface area contributed by atoms with Gasteiger partial charge in [0.05, 0.1) is 18.5 Å². The second-order valence-corrected chi connectivity index (χ2v) is 8.38. The molecule has 0 N–H and O–H groups in total. The Morgan fingerprint density at radius 1 is 1.19 bits per heavy atom. The number of hydrogen-bond acceptors (Lipinski definition) is 7. The van der Waals surface area contributed by atoms with E-state index in [9.17, 15) is 8.42 Å². The first-order valence-electron chi connectivity index (χ1n) is 7.61. The molecule has 0 radical (unpaired) electrons. The Morgan fingerprint density at radius 2 is 2.04 bits per heavy atom. The molecule has 0 fully saturated rings. The van der Waals surface area contributed by atoms with Crippen molar-refractivity contribution in [3.05, 3.63) is 48.1 Å². The van der Waals surface area contributed by atoms with E-state index in [2.05, 4.69) is 9.97 Å². The van der Waals surface area contributed by atoms with Gasteiger partial charge in [0.25, 0.3) is 0 Å². The van der Waals surface area contributed by atoms with Gasteiger partial charge in [0, 0.05) is 29.6 Å². The number of ether oxygens (including phenoxy) is 1. The van der Waals surface area contributed by atoms with Crippen LogP contribution >= 0.6 is 11.3 Å². The monoisotopic (exact) mass is 386 g/mol. The van der Waals surface area contributed by atoms with E-state index in [1.807, 2.05) is 40.2 Å². The number of thiazole rings is 1. The number of fused-ring (bicyclic) bond motifs is 1. The lowest BCUT2D eigenvalue weighted by Gasteiger charge is -2.07. The van der Waals surface area contributed by atoms with Gasteiger partial charge >= 0.3 is 0 Å². The summed E-state index contributed by atoms with van der Waals surface area (Å²) >= 11 is 1.49. The highest BCUT2D eigenvalue weighted by Gasteiger charge is 2.20. The fourth-order valence-electron chi connectivity index (χ4n) is 2.65. The lowest BCUT2D eigenvalue weighted by atomic mass is 10.1. The molecule has 0 aliphatic carbocycles. The average Bonchev–Trinajstić information content (AvgIpc) is 3.22. The van der Waals surface area contributed by atoms with Gasteiger partial charge in [-0.3, -0.25) is 4.40 Å². The van der Waals surface area contributed by atoms with Crippen molar-refractivity contribution in [3.63, 3.8) is 0 Å². The van der Waals surface area contributed by atoms with Crippen LogP contribution in [0.2, 0.25) is 0 Å². The Bertz CT molecular complexity index is 1210. The summed E-state index contributed by atoms with van der Waals surface area (Å²) in [6.45, 7) is 0. The van der Waals surface area contributed by atoms with Crippen molar-refractivity contribution in [3.8, 4) is 28.4 Å². The molecule has 0 saturated heterocycles. The fourth-order valence-corrected chi connectivity index (χ4v) is 3.88. The van der Waals surface area contributed by atoms with Gasteiger partial charge < -0.3 is 4.74 Å². The van der Waals surface area contributed by atoms with Crippen LogP contribution in [0.3, 0.4) is 0 Å². The third-order valence-electron chi connectivity index (χ3n) is 3.81. The van der Waals surface area contributed by atoms with E-state index < -0.39 is 9.84 Å². The molecule has 9 heteroatoms. The van der Waals surface area contributed by atoms with Crippen LogP contribution in [0, 0.1) is 0 Å². The van der Waals surface area contributed by atoms with Crippen molar-refractivity contribution in [2.24, 2.45) is 0 Å². The van der Waals surface area contributed by atoms with Crippen LogP contribution in [0.4, 0.5) is 0 Å². The van der Waals surface area contributed by atoms with E-state index in [-0.39, 0.29) is 5.16 Å². The standard InChI is InChI=1S/C17H14N4O3S2/c1-24-12-5-3-4-11(10-12)14-15(21-8-9-25-17(21)20-14)13-6-7-18-16(19-13)26(2,22)23/h3-10H,1-2H3. The molecule has 0 spiro atoms. The summed E-state index contributed by atoms with van der Waals surface area (Å²) in [5.74, 6) is 0.712. The maximum Gasteiger partial charge on any atom is 0.247 e. The van der Waals surface area contributed by atoms with Gasteiger partial charge in [-0.25, -0.2) is 23.4 Å². The van der Waals surface area contributed by atoms with Crippen LogP contribution in [0.15, 0.2) is 53.3 Å². The van der Waals surface area contributed by atoms with Crippen LogP contribution in [0.25, 0.3) is 27.6 Å². The minimum atomic E-state index is -3.51. The minimum Gasteiger partial charge on any atom is -0.497 e. The molecule has 26 heavy (non-hydrogen) atoms. The van der Waals surface area contributed by atoms with Gasteiger partial charge in [0.1, 0.15) is 11.4 Å². The summed E-state index contributed by atoms with van der Waals surface area (Å²) in [5, 5.41) is 1.71. The SMILES string of the molecule is COc1cccc(-c2nc3sccn3c2-c2ccnc(S(C)(=O)=O)n2)c1. The van der Waals surface area contributed by atoms with E-state index in [4.69, 9.17) is 9.72 Å². The highest BCUT2D eigenvalue weighted by molar-refractivity contribution is 7.90. The summed E-state index contributed by atoms with van der Waals surface area (Å²) in [6.07, 6.45) is 4.42. The molecule has 0 unspecified atom stereocenters. The van der Waals surface area contributed by atoms with Gasteiger partial charge in [-0.1, -0.05) is 12.1 Å². The summed E-state index contributed by atoms with van der Waals surface area (Å²) in [6, 6.07) is 9.23. The quantitative estimate of drug-likeness (QED) is 0.501. The van der Waals surface area contributed by atoms with Gasteiger partial charge in [-0.2, -0.15) is 0 Å². The predicted molar refractivity (Wildman–Crippen MR) is 99.2 cm³/mol. The molecule has 132 valence electrons. The lowest BCUT2D eigenvalue weighted by molar-refractivity contribution is 0.415. The zero-order valence-corrected chi connectivity index (χ0v) is 15.6. The molecule has 7 nitrogen and oxygen atoms in total. The molecule has 4 aromatic rings. The first-order chi connectivity index (χ1) is 12.5. The smallest absolute Gasteiger partial charge is 0.247 e. The van der Waals surface area contributed by atoms with Gasteiger partial charge in [-0.05, 0) is 18.2 Å². The normalized spacial score (nSPS) is 11.8. The van der Waals surface area contributed by atoms with E-state index in [0.29, 0.717) is 22.8 Å². The molecule has 0 aliphatic heterocycles. The number of imidazole rings is 1. The van der Waals surface area contributed by atoms with E-state index in [1.54, 1.807) is 13.2 Å². The first-order valence-corrected chi connectivity index (χ1v) is 10.4. The number of sulfone groups is 1. The zero-order valence-electron chi connectivity index (χ0n) is 13.9. The molecule has 0 bridgehead atoms. The van der Waals surface area contributed by atoms with E-state index >= 15 is 0 Å². The zero-order chi connectivity index (χ0) is 18.3. The Labute approximate surface area is 153 Å². The summed E-state index contributed by atoms with van der Waals surface area (Å²) in [4.78, 5) is 13.6. The molecule has 0 saturated carbocycles. The van der Waals surface area contributed by atoms with Crippen molar-refractivity contribution in [2.45, 2.75) is 5.16 Å². The molecule has 1 aromatic carbocycles. The second kappa shape index (κ2) is 6.19. The minimum absolute atomic E-state index is 0.211. The van der Waals surface area contributed by atoms with Gasteiger partial charge in [0.15, 0.2) is 4.96 Å². The highest BCUT2D eigenvalue weighted by atomic mass is 32.2. The Balaban J connectivity index is 1.99. The second-order valence-electron chi connectivity index (χ2n) is 5.59. The molecule has 4 rings (SSSR count). The van der Waals surface area contributed by atoms with Crippen molar-refractivity contribution in [1.82, 2.24) is 19.4 Å². The maximum absolute atomic E-state index is 11.8. The third-order valence-corrected chi connectivity index (χ3v) is 5.43. The van der Waals surface area contributed by atoms with Crippen molar-refractivity contribution in [1.29, 1.82) is 0 Å². The molecule has 3 aromatic heterocycles. The molecule has 0 atom stereocenters. The predicted octanol–water partition coefficient (Wildman–Crippen LogP) is 2.93. The molecular formula is C17H14N4O3S2. The average molecular weight is 386 g/mol. The van der Waals surface area contributed by atoms with Crippen LogP contribution < -0.4 is 4.74 Å². The lowest BCUT2D eigenvalue weighted by Crippen LogP contribution is -2.05. The Morgan fingerprint density at radius 3 is 2.81 bits per heavy atom. The van der Waals surface area contributed by atoms with E-state index in [1.165, 1.54) is 17.5 Å². The number of nitrogens with zero attached hydrogens (tertiary/aromatic N) is 4. The summed E-state index contributed by atoms with van der Waals surface area (Å²) in [7, 11) is -1.91. The number of hydrogen-bond donors (Lipinski definition) is 0. The number of benzene rings is 1. The molecule has 0 amide bonds.